The Bertz CT molecular complexity index is 444. The van der Waals surface area contributed by atoms with Crippen molar-refractivity contribution in [3.8, 4) is 0 Å². The average molecular weight is 294 g/mol. The summed E-state index contributed by atoms with van der Waals surface area (Å²) < 4.78 is 5.13. The maximum Gasteiger partial charge on any atom is 0.312 e. The zero-order chi connectivity index (χ0) is 14.5. The van der Waals surface area contributed by atoms with Gasteiger partial charge in [-0.1, -0.05) is 17.7 Å². The van der Waals surface area contributed by atoms with Crippen molar-refractivity contribution >= 4 is 17.7 Å². The van der Waals surface area contributed by atoms with Crippen molar-refractivity contribution in [1.82, 2.24) is 0 Å². The second-order valence-electron chi connectivity index (χ2n) is 5.25. The molecule has 1 saturated carbocycles. The van der Waals surface area contributed by atoms with Gasteiger partial charge in [-0.2, -0.15) is 0 Å². The van der Waals surface area contributed by atoms with E-state index in [4.69, 9.17) is 4.74 Å². The second kappa shape index (κ2) is 7.14. The van der Waals surface area contributed by atoms with E-state index in [9.17, 15) is 9.90 Å². The Morgan fingerprint density at radius 3 is 2.70 bits per heavy atom. The molecular weight excluding hydrogens is 272 g/mol. The smallest absolute Gasteiger partial charge is 0.312 e. The molecule has 1 fully saturated rings. The summed E-state index contributed by atoms with van der Waals surface area (Å²) in [6.45, 7) is 4.22. The molecule has 0 heterocycles. The van der Waals surface area contributed by atoms with Crippen LogP contribution in [0.5, 0.6) is 0 Å². The van der Waals surface area contributed by atoms with E-state index in [2.05, 4.69) is 31.2 Å². The lowest BCUT2D eigenvalue weighted by atomic mass is 9.86. The summed E-state index contributed by atoms with van der Waals surface area (Å²) in [6.07, 6.45) is 2.01. The van der Waals surface area contributed by atoms with Crippen LogP contribution in [0.4, 0.5) is 0 Å². The molecule has 3 atom stereocenters. The van der Waals surface area contributed by atoms with Crippen LogP contribution in [0.3, 0.4) is 0 Å². The maximum absolute atomic E-state index is 12.1. The van der Waals surface area contributed by atoms with Gasteiger partial charge in [-0.3, -0.25) is 4.79 Å². The van der Waals surface area contributed by atoms with Crippen molar-refractivity contribution in [2.24, 2.45) is 5.92 Å². The third-order valence-electron chi connectivity index (χ3n) is 3.67. The van der Waals surface area contributed by atoms with Crippen LogP contribution in [0, 0.1) is 12.8 Å². The van der Waals surface area contributed by atoms with Crippen molar-refractivity contribution in [1.29, 1.82) is 0 Å². The molecule has 1 aromatic carbocycles. The number of aliphatic hydroxyl groups excluding tert-OH is 1. The molecule has 4 heteroatoms. The van der Waals surface area contributed by atoms with E-state index in [0.29, 0.717) is 13.0 Å². The van der Waals surface area contributed by atoms with Gasteiger partial charge in [-0.05, 0) is 45.2 Å². The Balaban J connectivity index is 2.10. The Morgan fingerprint density at radius 2 is 2.05 bits per heavy atom. The lowest BCUT2D eigenvalue weighted by molar-refractivity contribution is -0.153. The number of esters is 1. The van der Waals surface area contributed by atoms with Gasteiger partial charge in [-0.15, -0.1) is 11.8 Å². The molecule has 0 amide bonds. The molecule has 3 nitrogen and oxygen atoms in total. The van der Waals surface area contributed by atoms with Crippen LogP contribution in [0.2, 0.25) is 0 Å². The topological polar surface area (TPSA) is 46.5 Å². The first-order valence-electron chi connectivity index (χ1n) is 7.20. The number of benzene rings is 1. The summed E-state index contributed by atoms with van der Waals surface area (Å²) in [7, 11) is 0. The van der Waals surface area contributed by atoms with Gasteiger partial charge in [-0.25, -0.2) is 0 Å². The summed E-state index contributed by atoms with van der Waals surface area (Å²) in [5, 5.41) is 10.2. The van der Waals surface area contributed by atoms with Gasteiger partial charge < -0.3 is 9.84 Å². The van der Waals surface area contributed by atoms with E-state index in [1.807, 2.05) is 0 Å². The fourth-order valence-corrected chi connectivity index (χ4v) is 3.97. The van der Waals surface area contributed by atoms with E-state index < -0.39 is 12.0 Å². The van der Waals surface area contributed by atoms with E-state index >= 15 is 0 Å². The standard InChI is InChI=1S/C16H22O3S/c1-3-19-16(18)15-13(17)5-4-6-14(15)20-12-9-7-11(2)8-10-12/h7-10,13-15,17H,3-6H2,1-2H3/t13-,14-,15-/m0/s1. The van der Waals surface area contributed by atoms with Crippen molar-refractivity contribution < 1.29 is 14.6 Å². The number of ether oxygens (including phenoxy) is 1. The minimum atomic E-state index is -0.578. The number of hydrogen-bond donors (Lipinski definition) is 1. The molecule has 0 aromatic heterocycles. The highest BCUT2D eigenvalue weighted by Gasteiger charge is 2.39. The van der Waals surface area contributed by atoms with Gasteiger partial charge in [0.25, 0.3) is 0 Å². The highest BCUT2D eigenvalue weighted by Crippen LogP contribution is 2.38. The van der Waals surface area contributed by atoms with Crippen LogP contribution < -0.4 is 0 Å². The molecule has 1 aliphatic rings. The number of carbonyl (C=O) groups is 1. The largest absolute Gasteiger partial charge is 0.466 e. The number of rotatable bonds is 4. The number of hydrogen-bond acceptors (Lipinski definition) is 4. The molecular formula is C16H22O3S. The SMILES string of the molecule is CCOC(=O)[C@@H]1[C@@H](Sc2ccc(C)cc2)CCC[C@@H]1O. The zero-order valence-electron chi connectivity index (χ0n) is 12.0. The van der Waals surface area contributed by atoms with E-state index in [1.54, 1.807) is 18.7 Å². The van der Waals surface area contributed by atoms with Crippen LogP contribution in [0.1, 0.15) is 31.7 Å². The minimum absolute atomic E-state index is 0.0977. The molecule has 2 rings (SSSR count). The molecule has 0 unspecified atom stereocenters. The summed E-state index contributed by atoms with van der Waals surface area (Å²) in [6, 6.07) is 8.29. The van der Waals surface area contributed by atoms with E-state index in [0.717, 1.165) is 17.7 Å². The van der Waals surface area contributed by atoms with Crippen molar-refractivity contribution in [3.05, 3.63) is 29.8 Å². The van der Waals surface area contributed by atoms with Gasteiger partial charge in [0.15, 0.2) is 0 Å². The molecule has 0 saturated heterocycles. The molecule has 1 N–H and O–H groups in total. The summed E-state index contributed by atoms with van der Waals surface area (Å²) in [5.74, 6) is -0.667. The highest BCUT2D eigenvalue weighted by molar-refractivity contribution is 8.00. The molecule has 0 aliphatic heterocycles. The molecule has 1 aromatic rings. The monoisotopic (exact) mass is 294 g/mol. The van der Waals surface area contributed by atoms with Crippen LogP contribution in [0.25, 0.3) is 0 Å². The van der Waals surface area contributed by atoms with E-state index in [-0.39, 0.29) is 11.2 Å². The maximum atomic E-state index is 12.1. The van der Waals surface area contributed by atoms with Crippen LogP contribution >= 0.6 is 11.8 Å². The number of thioether (sulfide) groups is 1. The highest BCUT2D eigenvalue weighted by atomic mass is 32.2. The fraction of sp³-hybridized carbons (Fsp3) is 0.562. The first kappa shape index (κ1) is 15.4. The van der Waals surface area contributed by atoms with Crippen molar-refractivity contribution in [2.45, 2.75) is 49.4 Å². The van der Waals surface area contributed by atoms with Crippen LogP contribution in [-0.4, -0.2) is 29.0 Å². The zero-order valence-corrected chi connectivity index (χ0v) is 12.9. The van der Waals surface area contributed by atoms with Gasteiger partial charge >= 0.3 is 5.97 Å². The third-order valence-corrected chi connectivity index (χ3v) is 5.05. The third kappa shape index (κ3) is 3.76. The quantitative estimate of drug-likeness (QED) is 0.866. The molecule has 0 bridgehead atoms. The van der Waals surface area contributed by atoms with Crippen LogP contribution in [0.15, 0.2) is 29.2 Å². The predicted octanol–water partition coefficient (Wildman–Crippen LogP) is 3.18. The summed E-state index contributed by atoms with van der Waals surface area (Å²) in [5.41, 5.74) is 1.22. The first-order chi connectivity index (χ1) is 9.61. The Kier molecular flexibility index (Phi) is 5.49. The van der Waals surface area contributed by atoms with Crippen molar-refractivity contribution in [3.63, 3.8) is 0 Å². The first-order valence-corrected chi connectivity index (χ1v) is 8.07. The van der Waals surface area contributed by atoms with E-state index in [1.165, 1.54) is 5.56 Å². The minimum Gasteiger partial charge on any atom is -0.466 e. The van der Waals surface area contributed by atoms with Gasteiger partial charge in [0.2, 0.25) is 0 Å². The van der Waals surface area contributed by atoms with Crippen molar-refractivity contribution in [2.75, 3.05) is 6.61 Å². The normalized spacial score (nSPS) is 26.2. The number of aryl methyl sites for hydroxylation is 1. The van der Waals surface area contributed by atoms with Gasteiger partial charge in [0.05, 0.1) is 18.6 Å². The molecule has 110 valence electrons. The average Bonchev–Trinajstić information content (AvgIpc) is 2.42. The van der Waals surface area contributed by atoms with Gasteiger partial charge in [0, 0.05) is 10.1 Å². The van der Waals surface area contributed by atoms with Gasteiger partial charge in [0.1, 0.15) is 0 Å². The summed E-state index contributed by atoms with van der Waals surface area (Å²) >= 11 is 1.68. The second-order valence-corrected chi connectivity index (χ2v) is 6.56. The fourth-order valence-electron chi connectivity index (χ4n) is 2.61. The van der Waals surface area contributed by atoms with Crippen LogP contribution in [-0.2, 0) is 9.53 Å². The Labute approximate surface area is 124 Å². The summed E-state index contributed by atoms with van der Waals surface area (Å²) in [4.78, 5) is 13.2. The number of carbonyl (C=O) groups excluding carboxylic acids is 1. The number of aliphatic hydroxyl groups is 1. The molecule has 0 spiro atoms. The molecule has 0 radical (unpaired) electrons. The Hall–Kier alpha value is -1.00. The molecule has 1 aliphatic carbocycles. The predicted molar refractivity (Wildman–Crippen MR) is 80.8 cm³/mol. The lowest BCUT2D eigenvalue weighted by Crippen LogP contribution is -2.41. The lowest BCUT2D eigenvalue weighted by Gasteiger charge is -2.33. The molecule has 20 heavy (non-hydrogen) atoms. The Morgan fingerprint density at radius 1 is 1.35 bits per heavy atom.